The molecular formula is C10H18HgO2. The van der Waals surface area contributed by atoms with Gasteiger partial charge >= 0.3 is 5.97 Å². The molecule has 0 bridgehead atoms. The third-order valence-electron chi connectivity index (χ3n) is 2.72. The first kappa shape index (κ1) is 13.4. The van der Waals surface area contributed by atoms with Gasteiger partial charge in [-0.05, 0) is 19.3 Å². The zero-order chi connectivity index (χ0) is 9.19. The van der Waals surface area contributed by atoms with Gasteiger partial charge in [-0.3, -0.25) is 4.79 Å². The molecule has 2 nitrogen and oxygen atoms in total. The molecule has 0 aromatic rings. The van der Waals surface area contributed by atoms with Gasteiger partial charge in [0.05, 0.1) is 0 Å². The Morgan fingerprint density at radius 3 is 2.46 bits per heavy atom. The van der Waals surface area contributed by atoms with Crippen LogP contribution in [0.2, 0.25) is 0 Å². The minimum atomic E-state index is -0.144. The van der Waals surface area contributed by atoms with E-state index in [0.29, 0.717) is 0 Å². The maximum Gasteiger partial charge on any atom is 0.302 e. The van der Waals surface area contributed by atoms with Crippen LogP contribution < -0.4 is 0 Å². The predicted molar refractivity (Wildman–Crippen MR) is 47.8 cm³/mol. The third kappa shape index (κ3) is 3.96. The normalized spacial score (nSPS) is 25.9. The van der Waals surface area contributed by atoms with E-state index in [1.54, 1.807) is 0 Å². The van der Waals surface area contributed by atoms with Crippen LogP contribution in [0.3, 0.4) is 0 Å². The maximum absolute atomic E-state index is 10.8. The maximum atomic E-state index is 10.8. The van der Waals surface area contributed by atoms with Crippen LogP contribution in [0.4, 0.5) is 0 Å². The van der Waals surface area contributed by atoms with Gasteiger partial charge in [-0.25, -0.2) is 0 Å². The van der Waals surface area contributed by atoms with Crippen molar-refractivity contribution < 1.29 is 37.2 Å². The number of esters is 1. The van der Waals surface area contributed by atoms with Crippen molar-refractivity contribution in [1.82, 2.24) is 0 Å². The summed E-state index contributed by atoms with van der Waals surface area (Å²) in [6.45, 7) is 5.85. The molecule has 1 aliphatic carbocycles. The first-order chi connectivity index (χ1) is 5.52. The molecule has 72 valence electrons. The van der Waals surface area contributed by atoms with E-state index in [4.69, 9.17) is 4.74 Å². The average Bonchev–Trinajstić information content (AvgIpc) is 1.92. The summed E-state index contributed by atoms with van der Waals surface area (Å²) in [6, 6.07) is 0. The van der Waals surface area contributed by atoms with Crippen molar-refractivity contribution in [1.29, 1.82) is 0 Å². The van der Waals surface area contributed by atoms with Gasteiger partial charge in [0.1, 0.15) is 6.10 Å². The summed E-state index contributed by atoms with van der Waals surface area (Å²) < 4.78 is 5.27. The molecular weight excluding hydrogens is 353 g/mol. The van der Waals surface area contributed by atoms with Crippen molar-refractivity contribution >= 4 is 5.97 Å². The Kier molecular flexibility index (Phi) is 5.49. The van der Waals surface area contributed by atoms with Gasteiger partial charge < -0.3 is 4.74 Å². The quantitative estimate of drug-likeness (QED) is 0.523. The molecule has 1 rings (SSSR count). The van der Waals surface area contributed by atoms with Gasteiger partial charge in [-0.2, -0.15) is 0 Å². The molecule has 0 aromatic carbocycles. The molecule has 1 unspecified atom stereocenters. The number of carbonyl (C=O) groups excluding carboxylic acids is 1. The minimum Gasteiger partial charge on any atom is -0.462 e. The second-order valence-corrected chi connectivity index (χ2v) is 4.33. The van der Waals surface area contributed by atoms with Gasteiger partial charge in [0.25, 0.3) is 0 Å². The summed E-state index contributed by atoms with van der Waals surface area (Å²) >= 11 is 0. The van der Waals surface area contributed by atoms with Crippen molar-refractivity contribution in [3.05, 3.63) is 0 Å². The Morgan fingerprint density at radius 2 is 2.00 bits per heavy atom. The first-order valence-corrected chi connectivity index (χ1v) is 4.69. The van der Waals surface area contributed by atoms with Gasteiger partial charge in [-0.15, -0.1) is 0 Å². The van der Waals surface area contributed by atoms with Crippen LogP contribution >= 0.6 is 0 Å². The van der Waals surface area contributed by atoms with Crippen LogP contribution in [0.5, 0.6) is 0 Å². The fourth-order valence-electron chi connectivity index (χ4n) is 1.88. The number of rotatable bonds is 1. The van der Waals surface area contributed by atoms with E-state index in [1.165, 1.54) is 26.2 Å². The minimum absolute atomic E-state index is 0. The van der Waals surface area contributed by atoms with Crippen molar-refractivity contribution in [2.24, 2.45) is 5.41 Å². The van der Waals surface area contributed by atoms with E-state index < -0.39 is 0 Å². The molecule has 3 heteroatoms. The molecule has 0 amide bonds. The predicted octanol–water partition coefficient (Wildman–Crippen LogP) is 2.52. The monoisotopic (exact) mass is 372 g/mol. The molecule has 0 spiro atoms. The molecule has 0 saturated heterocycles. The molecule has 1 saturated carbocycles. The van der Waals surface area contributed by atoms with Crippen molar-refractivity contribution in [2.45, 2.75) is 52.6 Å². The standard InChI is InChI=1S/C10H18O2.Hg/c1-8(11)12-9-6-4-5-7-10(9,2)3;/h9H,4-7H2,1-3H3;. The van der Waals surface area contributed by atoms with E-state index in [1.807, 2.05) is 0 Å². The average molecular weight is 371 g/mol. The molecule has 0 aromatic heterocycles. The van der Waals surface area contributed by atoms with Crippen LogP contribution in [0.1, 0.15) is 46.5 Å². The molecule has 0 heterocycles. The van der Waals surface area contributed by atoms with E-state index in [9.17, 15) is 4.79 Å². The molecule has 13 heavy (non-hydrogen) atoms. The second kappa shape index (κ2) is 5.33. The van der Waals surface area contributed by atoms with Crippen molar-refractivity contribution in [3.8, 4) is 0 Å². The third-order valence-corrected chi connectivity index (χ3v) is 2.72. The Hall–Kier alpha value is 0.405. The molecule has 1 fully saturated rings. The number of hydrogen-bond acceptors (Lipinski definition) is 2. The van der Waals surface area contributed by atoms with Gasteiger partial charge in [0.2, 0.25) is 0 Å². The van der Waals surface area contributed by atoms with Gasteiger partial charge in [0.15, 0.2) is 0 Å². The molecule has 1 atom stereocenters. The van der Waals surface area contributed by atoms with E-state index in [2.05, 4.69) is 13.8 Å². The fourth-order valence-corrected chi connectivity index (χ4v) is 1.88. The van der Waals surface area contributed by atoms with Crippen LogP contribution in [-0.2, 0) is 37.2 Å². The summed E-state index contributed by atoms with van der Waals surface area (Å²) in [6.07, 6.45) is 4.81. The van der Waals surface area contributed by atoms with Crippen LogP contribution in [-0.4, -0.2) is 12.1 Å². The fraction of sp³-hybridized carbons (Fsp3) is 0.900. The van der Waals surface area contributed by atoms with Crippen LogP contribution in [0.25, 0.3) is 0 Å². The van der Waals surface area contributed by atoms with E-state index in [-0.39, 0.29) is 45.2 Å². The second-order valence-electron chi connectivity index (χ2n) is 4.33. The Balaban J connectivity index is 0.00000144. The Bertz CT molecular complexity index is 178. The summed E-state index contributed by atoms with van der Waals surface area (Å²) in [4.78, 5) is 10.8. The van der Waals surface area contributed by atoms with E-state index >= 15 is 0 Å². The Labute approximate surface area is 101 Å². The number of hydrogen-bond donors (Lipinski definition) is 0. The topological polar surface area (TPSA) is 26.3 Å². The SMILES string of the molecule is CC(=O)OC1CCCCC1(C)C.[Hg]. The molecule has 0 aliphatic heterocycles. The number of carbonyl (C=O) groups is 1. The summed E-state index contributed by atoms with van der Waals surface area (Å²) in [7, 11) is 0. The summed E-state index contributed by atoms with van der Waals surface area (Å²) in [5, 5.41) is 0. The zero-order valence-electron chi connectivity index (χ0n) is 8.93. The Morgan fingerprint density at radius 1 is 1.38 bits per heavy atom. The van der Waals surface area contributed by atoms with Gasteiger partial charge in [-0.1, -0.05) is 20.3 Å². The largest absolute Gasteiger partial charge is 0.462 e. The van der Waals surface area contributed by atoms with E-state index in [0.717, 1.165) is 6.42 Å². The molecule has 0 N–H and O–H groups in total. The van der Waals surface area contributed by atoms with Crippen molar-refractivity contribution in [3.63, 3.8) is 0 Å². The first-order valence-electron chi connectivity index (χ1n) is 4.69. The zero-order valence-corrected chi connectivity index (χ0v) is 14.4. The van der Waals surface area contributed by atoms with Crippen molar-refractivity contribution in [2.75, 3.05) is 0 Å². The summed E-state index contributed by atoms with van der Waals surface area (Å²) in [5.41, 5.74) is 0.184. The smallest absolute Gasteiger partial charge is 0.302 e. The van der Waals surface area contributed by atoms with Gasteiger partial charge in [0, 0.05) is 40.0 Å². The number of ether oxygens (including phenoxy) is 1. The molecule has 0 radical (unpaired) electrons. The summed E-state index contributed by atoms with van der Waals surface area (Å²) in [5.74, 6) is -0.144. The molecule has 1 aliphatic rings. The van der Waals surface area contributed by atoms with Crippen LogP contribution in [0.15, 0.2) is 0 Å². The van der Waals surface area contributed by atoms with Crippen LogP contribution in [0, 0.1) is 5.41 Å².